The summed E-state index contributed by atoms with van der Waals surface area (Å²) < 4.78 is 1.92. The second kappa shape index (κ2) is 6.93. The van der Waals surface area contributed by atoms with Crippen molar-refractivity contribution in [2.24, 2.45) is 11.8 Å². The van der Waals surface area contributed by atoms with Gasteiger partial charge in [-0.15, -0.1) is 0 Å². The zero-order valence-electron chi connectivity index (χ0n) is 15.9. The molecule has 0 spiro atoms. The minimum absolute atomic E-state index is 0.225. The Kier molecular flexibility index (Phi) is 4.60. The van der Waals surface area contributed by atoms with E-state index in [9.17, 15) is 9.90 Å². The molecule has 2 atom stereocenters. The van der Waals surface area contributed by atoms with Gasteiger partial charge >= 0.3 is 0 Å². The number of carbonyl (C=O) groups excluding carboxylic acids is 1. The predicted molar refractivity (Wildman–Crippen MR) is 106 cm³/mol. The highest BCUT2D eigenvalue weighted by Crippen LogP contribution is 2.38. The maximum Gasteiger partial charge on any atom is 0.133 e. The molecule has 1 fully saturated rings. The first-order valence-corrected chi connectivity index (χ1v) is 9.77. The molecule has 140 valence electrons. The van der Waals surface area contributed by atoms with E-state index in [1.165, 1.54) is 0 Å². The van der Waals surface area contributed by atoms with Gasteiger partial charge in [-0.25, -0.2) is 4.68 Å². The Morgan fingerprint density at radius 2 is 1.81 bits per heavy atom. The number of benzene rings is 1. The van der Waals surface area contributed by atoms with Crippen LogP contribution in [0.2, 0.25) is 0 Å². The largest absolute Gasteiger partial charge is 0.383 e. The van der Waals surface area contributed by atoms with Crippen molar-refractivity contribution in [3.8, 4) is 5.69 Å². The molecule has 2 aliphatic rings. The fourth-order valence-corrected chi connectivity index (χ4v) is 3.87. The molecule has 1 saturated carbocycles. The van der Waals surface area contributed by atoms with Gasteiger partial charge in [0.05, 0.1) is 17.1 Å². The number of para-hydroxylation sites is 1. The maximum absolute atomic E-state index is 11.6. The highest BCUT2D eigenvalue weighted by molar-refractivity contribution is 5.79. The highest BCUT2D eigenvalue weighted by Gasteiger charge is 2.37. The van der Waals surface area contributed by atoms with E-state index in [1.807, 2.05) is 41.1 Å². The van der Waals surface area contributed by atoms with Gasteiger partial charge in [0.25, 0.3) is 0 Å². The van der Waals surface area contributed by atoms with Crippen molar-refractivity contribution in [2.45, 2.75) is 45.1 Å². The number of hydrogen-bond donors (Lipinski definition) is 1. The van der Waals surface area contributed by atoms with Crippen molar-refractivity contribution in [3.05, 3.63) is 66.0 Å². The number of hydrogen-bond acceptors (Lipinski definition) is 3. The molecule has 1 heterocycles. The molecule has 4 nitrogen and oxygen atoms in total. The molecule has 27 heavy (non-hydrogen) atoms. The Morgan fingerprint density at radius 1 is 1.11 bits per heavy atom. The quantitative estimate of drug-likeness (QED) is 0.879. The maximum atomic E-state index is 11.6. The third-order valence-corrected chi connectivity index (χ3v) is 5.97. The number of rotatable bonds is 3. The average Bonchev–Trinajstić information content (AvgIpc) is 3.13. The van der Waals surface area contributed by atoms with Crippen LogP contribution in [0.5, 0.6) is 0 Å². The lowest BCUT2D eigenvalue weighted by molar-refractivity contribution is -0.125. The molecule has 2 aromatic rings. The van der Waals surface area contributed by atoms with Gasteiger partial charge in [-0.2, -0.15) is 5.10 Å². The summed E-state index contributed by atoms with van der Waals surface area (Å²) in [5.74, 6) is 1.18. The molecule has 0 amide bonds. The molecule has 0 radical (unpaired) electrons. The van der Waals surface area contributed by atoms with Gasteiger partial charge in [0.15, 0.2) is 0 Å². The second-order valence-electron chi connectivity index (χ2n) is 7.93. The lowest BCUT2D eigenvalue weighted by atomic mass is 9.81. The molecular weight excluding hydrogens is 336 g/mol. The van der Waals surface area contributed by atoms with E-state index in [1.54, 1.807) is 0 Å². The monoisotopic (exact) mass is 362 g/mol. The van der Waals surface area contributed by atoms with E-state index in [0.717, 1.165) is 17.0 Å². The number of Topliss-reactive ketones (excluding diaryl/α,β-unsaturated/α-hetero) is 1. The lowest BCUT2D eigenvalue weighted by Crippen LogP contribution is -2.32. The van der Waals surface area contributed by atoms with Crippen molar-refractivity contribution in [1.29, 1.82) is 0 Å². The summed E-state index contributed by atoms with van der Waals surface area (Å²) in [7, 11) is 0. The molecule has 0 aliphatic heterocycles. The topological polar surface area (TPSA) is 55.1 Å². The fraction of sp³-hybridized carbons (Fsp3) is 0.391. The summed E-state index contributed by atoms with van der Waals surface area (Å²) in [4.78, 5) is 11.6. The van der Waals surface area contributed by atoms with E-state index in [4.69, 9.17) is 5.10 Å². The summed E-state index contributed by atoms with van der Waals surface area (Å²) in [6.45, 7) is 4.44. The molecule has 2 aliphatic carbocycles. The molecule has 0 bridgehead atoms. The van der Waals surface area contributed by atoms with E-state index in [2.05, 4.69) is 32.1 Å². The summed E-state index contributed by atoms with van der Waals surface area (Å²) >= 11 is 0. The van der Waals surface area contributed by atoms with Crippen LogP contribution in [0.1, 0.15) is 50.9 Å². The molecule has 2 unspecified atom stereocenters. The Labute approximate surface area is 160 Å². The minimum atomic E-state index is -1.03. The van der Waals surface area contributed by atoms with Gasteiger partial charge in [-0.3, -0.25) is 4.79 Å². The number of nitrogens with zero attached hydrogens (tertiary/aromatic N) is 2. The Balaban J connectivity index is 1.80. The van der Waals surface area contributed by atoms with Gasteiger partial charge in [0.2, 0.25) is 0 Å². The van der Waals surface area contributed by atoms with E-state index < -0.39 is 5.60 Å². The summed E-state index contributed by atoms with van der Waals surface area (Å²) in [5, 5.41) is 16.0. The van der Waals surface area contributed by atoms with Crippen LogP contribution in [0.25, 0.3) is 11.3 Å². The van der Waals surface area contributed by atoms with Crippen molar-refractivity contribution in [3.63, 3.8) is 0 Å². The molecule has 4 rings (SSSR count). The Hall–Kier alpha value is -2.46. The number of ketones is 1. The molecule has 1 aromatic heterocycles. The van der Waals surface area contributed by atoms with Crippen molar-refractivity contribution >= 4 is 11.4 Å². The van der Waals surface area contributed by atoms with Gasteiger partial charge in [0.1, 0.15) is 11.4 Å². The first-order chi connectivity index (χ1) is 13.0. The number of allylic oxidation sites excluding steroid dienone is 4. The first kappa shape index (κ1) is 17.9. The average molecular weight is 362 g/mol. The van der Waals surface area contributed by atoms with Crippen molar-refractivity contribution in [2.75, 3.05) is 0 Å². The standard InChI is InChI=1S/C23H26N2O2/c1-16-8-9-18(14-17(16)2)21-15-22(23(27)12-10-20(26)11-13-23)24-25(21)19-6-4-3-5-7-19/h3-9,14-17,27H,10-13H2,1-2H3. The summed E-state index contributed by atoms with van der Waals surface area (Å²) in [6.07, 6.45) is 8.38. The fourth-order valence-electron chi connectivity index (χ4n) is 3.87. The SMILES string of the molecule is CC1C=CC(c2cc(C3(O)CCC(=O)CC3)nn2-c2ccccc2)=CC1C. The van der Waals surface area contributed by atoms with Gasteiger partial charge in [-0.1, -0.05) is 50.3 Å². The van der Waals surface area contributed by atoms with Crippen LogP contribution in [0.15, 0.2) is 54.6 Å². The third kappa shape index (κ3) is 3.42. The third-order valence-electron chi connectivity index (χ3n) is 5.97. The number of aromatic nitrogens is 2. The Bertz CT molecular complexity index is 898. The highest BCUT2D eigenvalue weighted by atomic mass is 16.3. The van der Waals surface area contributed by atoms with E-state index >= 15 is 0 Å². The molecule has 0 saturated heterocycles. The first-order valence-electron chi connectivity index (χ1n) is 9.77. The molecular formula is C23H26N2O2. The van der Waals surface area contributed by atoms with Crippen LogP contribution in [-0.2, 0) is 10.4 Å². The number of carbonyl (C=O) groups is 1. The van der Waals surface area contributed by atoms with Crippen LogP contribution >= 0.6 is 0 Å². The zero-order chi connectivity index (χ0) is 19.0. The van der Waals surface area contributed by atoms with Crippen molar-refractivity contribution < 1.29 is 9.90 Å². The van der Waals surface area contributed by atoms with Crippen LogP contribution < -0.4 is 0 Å². The van der Waals surface area contributed by atoms with Crippen molar-refractivity contribution in [1.82, 2.24) is 9.78 Å². The van der Waals surface area contributed by atoms with Crippen LogP contribution in [-0.4, -0.2) is 20.7 Å². The second-order valence-corrected chi connectivity index (χ2v) is 7.93. The van der Waals surface area contributed by atoms with Crippen LogP contribution in [0, 0.1) is 11.8 Å². The smallest absolute Gasteiger partial charge is 0.133 e. The molecule has 1 N–H and O–H groups in total. The predicted octanol–water partition coefficient (Wildman–Crippen LogP) is 4.43. The normalized spacial score (nSPS) is 24.7. The lowest BCUT2D eigenvalue weighted by Gasteiger charge is -2.29. The molecule has 1 aromatic carbocycles. The van der Waals surface area contributed by atoms with Gasteiger partial charge in [-0.05, 0) is 48.4 Å². The zero-order valence-corrected chi connectivity index (χ0v) is 15.9. The van der Waals surface area contributed by atoms with Gasteiger partial charge in [0, 0.05) is 12.8 Å². The van der Waals surface area contributed by atoms with Crippen LogP contribution in [0.4, 0.5) is 0 Å². The summed E-state index contributed by atoms with van der Waals surface area (Å²) in [5.41, 5.74) is 2.71. The van der Waals surface area contributed by atoms with E-state index in [-0.39, 0.29) is 5.78 Å². The summed E-state index contributed by atoms with van der Waals surface area (Å²) in [6, 6.07) is 12.0. The van der Waals surface area contributed by atoms with Gasteiger partial charge < -0.3 is 5.11 Å². The number of aliphatic hydroxyl groups is 1. The molecule has 4 heteroatoms. The minimum Gasteiger partial charge on any atom is -0.383 e. The Morgan fingerprint density at radius 3 is 2.48 bits per heavy atom. The van der Waals surface area contributed by atoms with E-state index in [0.29, 0.717) is 43.2 Å². The van der Waals surface area contributed by atoms with Crippen LogP contribution in [0.3, 0.4) is 0 Å².